The van der Waals surface area contributed by atoms with Crippen LogP contribution in [0, 0.1) is 5.92 Å². The molecule has 2 nitrogen and oxygen atoms in total. The van der Waals surface area contributed by atoms with Crippen molar-refractivity contribution in [2.75, 3.05) is 0 Å². The van der Waals surface area contributed by atoms with E-state index in [1.807, 2.05) is 0 Å². The monoisotopic (exact) mass is 244 g/mol. The maximum absolute atomic E-state index is 5.63. The third kappa shape index (κ3) is 7.77. The summed E-state index contributed by atoms with van der Waals surface area (Å²) in [6, 6.07) is 0. The highest BCUT2D eigenvalue weighted by Gasteiger charge is 2.24. The van der Waals surface area contributed by atoms with Crippen LogP contribution in [0.15, 0.2) is 0 Å². The fourth-order valence-corrected chi connectivity index (χ4v) is 1.73. The molecule has 0 radical (unpaired) electrons. The largest absolute Gasteiger partial charge is 0.350 e. The molecule has 1 rings (SSSR count). The summed E-state index contributed by atoms with van der Waals surface area (Å²) in [4.78, 5) is 0. The van der Waals surface area contributed by atoms with Gasteiger partial charge >= 0.3 is 0 Å². The van der Waals surface area contributed by atoms with Crippen molar-refractivity contribution in [3.8, 4) is 0 Å². The van der Waals surface area contributed by atoms with E-state index in [-0.39, 0.29) is 6.29 Å². The third-order valence-electron chi connectivity index (χ3n) is 3.51. The van der Waals surface area contributed by atoms with E-state index in [2.05, 4.69) is 41.5 Å². The van der Waals surface area contributed by atoms with Gasteiger partial charge in [-0.3, -0.25) is 0 Å². The topological polar surface area (TPSA) is 18.5 Å². The molecule has 0 aromatic carbocycles. The number of hydrogen-bond donors (Lipinski definition) is 0. The molecule has 0 aliphatic carbocycles. The van der Waals surface area contributed by atoms with Crippen LogP contribution in [0.2, 0.25) is 0 Å². The molecule has 3 atom stereocenters. The lowest BCUT2D eigenvalue weighted by Gasteiger charge is -2.33. The van der Waals surface area contributed by atoms with Crippen molar-refractivity contribution in [2.45, 2.75) is 92.1 Å². The second-order valence-corrected chi connectivity index (χ2v) is 5.11. The molecule has 1 aliphatic rings. The van der Waals surface area contributed by atoms with Gasteiger partial charge in [-0.2, -0.15) is 0 Å². The maximum atomic E-state index is 5.63. The molecule has 3 unspecified atom stereocenters. The van der Waals surface area contributed by atoms with E-state index in [1.165, 1.54) is 12.8 Å². The van der Waals surface area contributed by atoms with Crippen molar-refractivity contribution in [1.29, 1.82) is 0 Å². The number of rotatable bonds is 4. The number of hydrogen-bond acceptors (Lipinski definition) is 2. The molecule has 0 spiro atoms. The highest BCUT2D eigenvalue weighted by molar-refractivity contribution is 4.67. The van der Waals surface area contributed by atoms with Crippen LogP contribution in [-0.4, -0.2) is 18.5 Å². The summed E-state index contributed by atoms with van der Waals surface area (Å²) in [5.41, 5.74) is 0. The smallest absolute Gasteiger partial charge is 0.158 e. The number of ether oxygens (including phenoxy) is 2. The summed E-state index contributed by atoms with van der Waals surface area (Å²) in [6.45, 7) is 13.1. The molecule has 0 aromatic heterocycles. The van der Waals surface area contributed by atoms with E-state index in [0.717, 1.165) is 25.2 Å². The van der Waals surface area contributed by atoms with E-state index in [1.54, 1.807) is 0 Å². The Hall–Kier alpha value is -0.0800. The normalized spacial score (nSPS) is 28.8. The SMILES string of the molecule is CCC(C)CC.CCC1CC(C)OC(CC)O1. The van der Waals surface area contributed by atoms with Crippen molar-refractivity contribution in [1.82, 2.24) is 0 Å². The van der Waals surface area contributed by atoms with Crippen LogP contribution in [0.1, 0.15) is 73.6 Å². The Bertz CT molecular complexity index is 154. The van der Waals surface area contributed by atoms with E-state index in [4.69, 9.17) is 9.47 Å². The van der Waals surface area contributed by atoms with Crippen LogP contribution in [0.5, 0.6) is 0 Å². The van der Waals surface area contributed by atoms with E-state index < -0.39 is 0 Å². The molecular formula is C15H32O2. The van der Waals surface area contributed by atoms with Gasteiger partial charge in [0.2, 0.25) is 0 Å². The van der Waals surface area contributed by atoms with Gasteiger partial charge in [-0.05, 0) is 32.1 Å². The Balaban J connectivity index is 0.000000366. The molecular weight excluding hydrogens is 212 g/mol. The van der Waals surface area contributed by atoms with Gasteiger partial charge in [-0.25, -0.2) is 0 Å². The lowest BCUT2D eigenvalue weighted by atomic mass is 10.1. The van der Waals surface area contributed by atoms with Crippen LogP contribution in [0.4, 0.5) is 0 Å². The Morgan fingerprint density at radius 1 is 1.00 bits per heavy atom. The predicted octanol–water partition coefficient (Wildman–Crippen LogP) is 4.77. The van der Waals surface area contributed by atoms with Crippen LogP contribution < -0.4 is 0 Å². The Morgan fingerprint density at radius 3 is 1.94 bits per heavy atom. The summed E-state index contributed by atoms with van der Waals surface area (Å²) in [5, 5.41) is 0. The summed E-state index contributed by atoms with van der Waals surface area (Å²) in [5.74, 6) is 0.935. The van der Waals surface area contributed by atoms with Crippen molar-refractivity contribution in [2.24, 2.45) is 5.92 Å². The van der Waals surface area contributed by atoms with E-state index >= 15 is 0 Å². The first-order chi connectivity index (χ1) is 8.07. The average molecular weight is 244 g/mol. The van der Waals surface area contributed by atoms with Crippen LogP contribution in [0.3, 0.4) is 0 Å². The molecule has 1 saturated heterocycles. The van der Waals surface area contributed by atoms with Gasteiger partial charge in [0.25, 0.3) is 0 Å². The first kappa shape index (κ1) is 16.9. The molecule has 0 amide bonds. The Kier molecular flexibility index (Phi) is 9.85. The maximum Gasteiger partial charge on any atom is 0.158 e. The average Bonchev–Trinajstić information content (AvgIpc) is 2.37. The minimum absolute atomic E-state index is 0.0451. The molecule has 17 heavy (non-hydrogen) atoms. The van der Waals surface area contributed by atoms with Gasteiger partial charge in [0, 0.05) is 0 Å². The molecule has 0 N–H and O–H groups in total. The van der Waals surface area contributed by atoms with Crippen LogP contribution in [-0.2, 0) is 9.47 Å². The summed E-state index contributed by atoms with van der Waals surface area (Å²) in [7, 11) is 0. The fraction of sp³-hybridized carbons (Fsp3) is 1.00. The van der Waals surface area contributed by atoms with Gasteiger partial charge < -0.3 is 9.47 Å². The van der Waals surface area contributed by atoms with Gasteiger partial charge in [0.05, 0.1) is 12.2 Å². The van der Waals surface area contributed by atoms with Crippen LogP contribution >= 0.6 is 0 Å². The molecule has 1 aliphatic heterocycles. The summed E-state index contributed by atoms with van der Waals surface area (Å²) >= 11 is 0. The Labute approximate surface area is 108 Å². The van der Waals surface area contributed by atoms with Crippen molar-refractivity contribution in [3.05, 3.63) is 0 Å². The lowest BCUT2D eigenvalue weighted by molar-refractivity contribution is -0.239. The van der Waals surface area contributed by atoms with E-state index in [9.17, 15) is 0 Å². The third-order valence-corrected chi connectivity index (χ3v) is 3.51. The molecule has 0 aromatic rings. The first-order valence-electron chi connectivity index (χ1n) is 7.38. The molecule has 0 bridgehead atoms. The summed E-state index contributed by atoms with van der Waals surface area (Å²) in [6.07, 6.45) is 6.61. The Morgan fingerprint density at radius 2 is 1.59 bits per heavy atom. The zero-order valence-corrected chi connectivity index (χ0v) is 12.7. The van der Waals surface area contributed by atoms with Crippen LogP contribution in [0.25, 0.3) is 0 Å². The molecule has 1 fully saturated rings. The standard InChI is InChI=1S/C9H18O2.C6H14/c1-4-8-6-7(3)10-9(5-2)11-8;1-4-6(3)5-2/h7-9H,4-6H2,1-3H3;6H,4-5H2,1-3H3. The molecule has 1 heterocycles. The summed E-state index contributed by atoms with van der Waals surface area (Å²) < 4.78 is 11.2. The predicted molar refractivity (Wildman–Crippen MR) is 74.2 cm³/mol. The highest BCUT2D eigenvalue weighted by Crippen LogP contribution is 2.21. The van der Waals surface area contributed by atoms with Gasteiger partial charge in [-0.1, -0.05) is 47.5 Å². The zero-order chi connectivity index (χ0) is 13.3. The minimum atomic E-state index is 0.0451. The van der Waals surface area contributed by atoms with Gasteiger partial charge in [0.1, 0.15) is 0 Å². The zero-order valence-electron chi connectivity index (χ0n) is 12.7. The van der Waals surface area contributed by atoms with Gasteiger partial charge in [0.15, 0.2) is 6.29 Å². The second-order valence-electron chi connectivity index (χ2n) is 5.11. The quantitative estimate of drug-likeness (QED) is 0.709. The van der Waals surface area contributed by atoms with E-state index in [0.29, 0.717) is 12.2 Å². The lowest BCUT2D eigenvalue weighted by Crippen LogP contribution is -2.36. The minimum Gasteiger partial charge on any atom is -0.350 e. The molecule has 2 heteroatoms. The molecule has 0 saturated carbocycles. The van der Waals surface area contributed by atoms with Crippen molar-refractivity contribution < 1.29 is 9.47 Å². The fourth-order valence-electron chi connectivity index (χ4n) is 1.73. The van der Waals surface area contributed by atoms with Crippen molar-refractivity contribution >= 4 is 0 Å². The highest BCUT2D eigenvalue weighted by atomic mass is 16.7. The van der Waals surface area contributed by atoms with Gasteiger partial charge in [-0.15, -0.1) is 0 Å². The van der Waals surface area contributed by atoms with Crippen molar-refractivity contribution in [3.63, 3.8) is 0 Å². The second kappa shape index (κ2) is 9.90. The molecule has 104 valence electrons. The first-order valence-corrected chi connectivity index (χ1v) is 7.38.